The fourth-order valence-corrected chi connectivity index (χ4v) is 4.71. The number of thiazole rings is 1. The third kappa shape index (κ3) is 3.15. The molecule has 21 heavy (non-hydrogen) atoms. The van der Waals surface area contributed by atoms with Crippen molar-refractivity contribution in [3.05, 3.63) is 16.1 Å². The Morgan fingerprint density at radius 2 is 1.95 bits per heavy atom. The highest BCUT2D eigenvalue weighted by Crippen LogP contribution is 2.35. The van der Waals surface area contributed by atoms with Crippen LogP contribution in [0.15, 0.2) is 6.20 Å². The Kier molecular flexibility index (Phi) is 4.63. The smallest absolute Gasteiger partial charge is 0.265 e. The summed E-state index contributed by atoms with van der Waals surface area (Å²) in [5, 5.41) is 1.08. The van der Waals surface area contributed by atoms with E-state index >= 15 is 0 Å². The van der Waals surface area contributed by atoms with Crippen molar-refractivity contribution < 1.29 is 4.79 Å². The first-order valence-corrected chi connectivity index (χ1v) is 9.25. The number of carbonyl (C=O) groups excluding carboxylic acids is 1. The Balaban J connectivity index is 1.80. The van der Waals surface area contributed by atoms with Crippen LogP contribution in [0, 0.1) is 5.92 Å². The van der Waals surface area contributed by atoms with Crippen LogP contribution in [0.3, 0.4) is 0 Å². The van der Waals surface area contributed by atoms with E-state index in [2.05, 4.69) is 23.7 Å². The van der Waals surface area contributed by atoms with E-state index in [1.165, 1.54) is 38.5 Å². The first-order valence-electron chi connectivity index (χ1n) is 8.43. The Labute approximate surface area is 131 Å². The maximum atomic E-state index is 12.9. The molecule has 0 unspecified atom stereocenters. The molecule has 3 nitrogen and oxygen atoms in total. The van der Waals surface area contributed by atoms with Crippen LogP contribution in [0.4, 0.5) is 0 Å². The first-order chi connectivity index (χ1) is 10.2. The lowest BCUT2D eigenvalue weighted by atomic mass is 9.81. The van der Waals surface area contributed by atoms with Gasteiger partial charge in [0.15, 0.2) is 0 Å². The molecule has 2 fully saturated rings. The van der Waals surface area contributed by atoms with E-state index < -0.39 is 0 Å². The second-order valence-electron chi connectivity index (χ2n) is 6.82. The Morgan fingerprint density at radius 3 is 2.67 bits per heavy atom. The van der Waals surface area contributed by atoms with Crippen LogP contribution in [0.5, 0.6) is 0 Å². The van der Waals surface area contributed by atoms with E-state index in [9.17, 15) is 4.79 Å². The quantitative estimate of drug-likeness (QED) is 0.808. The van der Waals surface area contributed by atoms with Gasteiger partial charge < -0.3 is 4.90 Å². The average Bonchev–Trinajstić information content (AvgIpc) is 2.88. The molecule has 1 aliphatic carbocycles. The zero-order valence-electron chi connectivity index (χ0n) is 13.2. The number of rotatable bonds is 2. The van der Waals surface area contributed by atoms with Crippen molar-refractivity contribution >= 4 is 17.2 Å². The summed E-state index contributed by atoms with van der Waals surface area (Å²) in [6.45, 7) is 5.21. The van der Waals surface area contributed by atoms with Crippen molar-refractivity contribution in [3.8, 4) is 0 Å². The summed E-state index contributed by atoms with van der Waals surface area (Å²) in [6.07, 6.45) is 10.7. The van der Waals surface area contributed by atoms with Gasteiger partial charge >= 0.3 is 0 Å². The summed E-state index contributed by atoms with van der Waals surface area (Å²) in [5.41, 5.74) is 0. The Morgan fingerprint density at radius 1 is 1.24 bits per heavy atom. The summed E-state index contributed by atoms with van der Waals surface area (Å²) < 4.78 is 0. The molecule has 3 rings (SSSR count). The number of hydrogen-bond donors (Lipinski definition) is 0. The van der Waals surface area contributed by atoms with Gasteiger partial charge in [0, 0.05) is 18.5 Å². The van der Waals surface area contributed by atoms with E-state index in [-0.39, 0.29) is 5.91 Å². The molecule has 1 amide bonds. The van der Waals surface area contributed by atoms with Gasteiger partial charge in [0.2, 0.25) is 0 Å². The van der Waals surface area contributed by atoms with Gasteiger partial charge in [-0.2, -0.15) is 0 Å². The zero-order valence-corrected chi connectivity index (χ0v) is 14.0. The third-order valence-electron chi connectivity index (χ3n) is 4.98. The second-order valence-corrected chi connectivity index (χ2v) is 7.89. The lowest BCUT2D eigenvalue weighted by molar-refractivity contribution is 0.0573. The van der Waals surface area contributed by atoms with Gasteiger partial charge in [0.1, 0.15) is 4.88 Å². The fourth-order valence-electron chi connectivity index (χ4n) is 3.84. The van der Waals surface area contributed by atoms with Crippen molar-refractivity contribution in [2.45, 2.75) is 70.8 Å². The average molecular weight is 306 g/mol. The minimum Gasteiger partial charge on any atom is -0.335 e. The van der Waals surface area contributed by atoms with Crippen LogP contribution in [0.1, 0.15) is 79.4 Å². The Hall–Kier alpha value is -0.900. The normalized spacial score (nSPS) is 26.5. The predicted octanol–water partition coefficient (Wildman–Crippen LogP) is 4.45. The lowest BCUT2D eigenvalue weighted by Gasteiger charge is -2.38. The Bertz CT molecular complexity index is 497. The van der Waals surface area contributed by atoms with Crippen molar-refractivity contribution in [1.82, 2.24) is 9.88 Å². The molecule has 1 aliphatic heterocycles. The maximum absolute atomic E-state index is 12.9. The van der Waals surface area contributed by atoms with Gasteiger partial charge in [-0.25, -0.2) is 4.98 Å². The highest BCUT2D eigenvalue weighted by molar-refractivity contribution is 7.13. The van der Waals surface area contributed by atoms with Gasteiger partial charge in [-0.15, -0.1) is 11.3 Å². The van der Waals surface area contributed by atoms with Crippen LogP contribution in [0.25, 0.3) is 0 Å². The number of hydrogen-bond acceptors (Lipinski definition) is 3. The number of nitrogens with zero attached hydrogens (tertiary/aromatic N) is 2. The number of likely N-dealkylation sites (tertiary alicyclic amines) is 1. The molecular weight excluding hydrogens is 280 g/mol. The van der Waals surface area contributed by atoms with Crippen LogP contribution in [-0.2, 0) is 0 Å². The molecule has 1 saturated carbocycles. The second kappa shape index (κ2) is 6.47. The van der Waals surface area contributed by atoms with Crippen molar-refractivity contribution in [1.29, 1.82) is 0 Å². The van der Waals surface area contributed by atoms with Crippen LogP contribution >= 0.6 is 11.3 Å². The van der Waals surface area contributed by atoms with Gasteiger partial charge in [-0.05, 0) is 31.6 Å². The lowest BCUT2D eigenvalue weighted by Crippen LogP contribution is -2.44. The van der Waals surface area contributed by atoms with E-state index in [1.54, 1.807) is 17.5 Å². The summed E-state index contributed by atoms with van der Waals surface area (Å²) in [6, 6.07) is 0.485. The van der Waals surface area contributed by atoms with Crippen LogP contribution < -0.4 is 0 Å². The third-order valence-corrected chi connectivity index (χ3v) is 6.27. The summed E-state index contributed by atoms with van der Waals surface area (Å²) >= 11 is 1.59. The zero-order chi connectivity index (χ0) is 14.8. The molecule has 0 bridgehead atoms. The molecule has 2 atom stereocenters. The van der Waals surface area contributed by atoms with Crippen LogP contribution in [-0.4, -0.2) is 28.4 Å². The van der Waals surface area contributed by atoms with E-state index in [4.69, 9.17) is 0 Å². The largest absolute Gasteiger partial charge is 0.335 e. The molecule has 0 aromatic carbocycles. The van der Waals surface area contributed by atoms with Gasteiger partial charge in [-0.1, -0.05) is 33.1 Å². The predicted molar refractivity (Wildman–Crippen MR) is 86.8 cm³/mol. The van der Waals surface area contributed by atoms with Crippen LogP contribution in [0.2, 0.25) is 0 Å². The molecule has 2 heterocycles. The minimum atomic E-state index is 0.234. The van der Waals surface area contributed by atoms with E-state index in [0.717, 1.165) is 28.8 Å². The highest BCUT2D eigenvalue weighted by Gasteiger charge is 2.35. The van der Waals surface area contributed by atoms with Gasteiger partial charge in [0.25, 0.3) is 5.91 Å². The molecule has 4 heteroatoms. The molecule has 1 aromatic heterocycles. The molecule has 116 valence electrons. The first kappa shape index (κ1) is 15.0. The molecular formula is C17H26N2OS. The molecule has 2 aliphatic rings. The topological polar surface area (TPSA) is 33.2 Å². The SMILES string of the molecule is CC(C)c1ncc(C(=O)N2CCCC[C@@H]3CCCC[C@H]32)s1. The number of amides is 1. The molecule has 0 radical (unpaired) electrons. The van der Waals surface area contributed by atoms with Gasteiger partial charge in [-0.3, -0.25) is 4.79 Å². The van der Waals surface area contributed by atoms with E-state index in [1.807, 2.05) is 0 Å². The maximum Gasteiger partial charge on any atom is 0.265 e. The number of carbonyl (C=O) groups is 1. The molecule has 0 N–H and O–H groups in total. The summed E-state index contributed by atoms with van der Waals surface area (Å²) in [4.78, 5) is 20.4. The van der Waals surface area contributed by atoms with E-state index in [0.29, 0.717) is 12.0 Å². The summed E-state index contributed by atoms with van der Waals surface area (Å²) in [7, 11) is 0. The molecule has 1 saturated heterocycles. The van der Waals surface area contributed by atoms with Crippen molar-refractivity contribution in [2.75, 3.05) is 6.54 Å². The monoisotopic (exact) mass is 306 g/mol. The van der Waals surface area contributed by atoms with Gasteiger partial charge in [0.05, 0.1) is 11.2 Å². The highest BCUT2D eigenvalue weighted by atomic mass is 32.1. The van der Waals surface area contributed by atoms with Crippen molar-refractivity contribution in [3.63, 3.8) is 0 Å². The summed E-state index contributed by atoms with van der Waals surface area (Å²) in [5.74, 6) is 1.38. The number of aromatic nitrogens is 1. The molecule has 1 aromatic rings. The number of fused-ring (bicyclic) bond motifs is 1. The molecule has 0 spiro atoms. The standard InChI is InChI=1S/C17H26N2OS/c1-12(2)16-18-11-15(21-16)17(20)19-10-6-5-8-13-7-3-4-9-14(13)19/h11-14H,3-10H2,1-2H3/t13-,14+/m0/s1. The van der Waals surface area contributed by atoms with Crippen molar-refractivity contribution in [2.24, 2.45) is 5.92 Å². The minimum absolute atomic E-state index is 0.234. The fraction of sp³-hybridized carbons (Fsp3) is 0.765.